The molecule has 6 nitrogen and oxygen atoms in total. The molecular formula is C26H29FN4O2S2. The molecule has 2 saturated carbocycles. The molecule has 2 N–H and O–H groups in total. The summed E-state index contributed by atoms with van der Waals surface area (Å²) in [6.45, 7) is 2.34. The van der Waals surface area contributed by atoms with Gasteiger partial charge in [-0.2, -0.15) is 0 Å². The third kappa shape index (κ3) is 3.57. The van der Waals surface area contributed by atoms with Crippen molar-refractivity contribution in [1.82, 2.24) is 9.62 Å². The first-order valence-corrected chi connectivity index (χ1v) is 14.7. The topological polar surface area (TPSA) is 64.5 Å². The van der Waals surface area contributed by atoms with Crippen LogP contribution in [0.15, 0.2) is 41.3 Å². The Morgan fingerprint density at radius 1 is 1.03 bits per heavy atom. The van der Waals surface area contributed by atoms with Crippen molar-refractivity contribution in [2.24, 2.45) is 5.41 Å². The maximum absolute atomic E-state index is 14.6. The fraction of sp³-hybridized carbons (Fsp3) is 0.500. The molecule has 2 aliphatic carbocycles. The highest BCUT2D eigenvalue weighted by atomic mass is 32.2. The lowest BCUT2D eigenvalue weighted by Crippen LogP contribution is -2.40. The largest absolute Gasteiger partial charge is 0.330 e. The Morgan fingerprint density at radius 2 is 1.74 bits per heavy atom. The summed E-state index contributed by atoms with van der Waals surface area (Å²) >= 11 is 1.56. The molecule has 5 aliphatic rings. The summed E-state index contributed by atoms with van der Waals surface area (Å²) in [5, 5.41) is 0. The van der Waals surface area contributed by atoms with Crippen LogP contribution in [0.4, 0.5) is 15.8 Å². The molecular weight excluding hydrogens is 483 g/mol. The Morgan fingerprint density at radius 3 is 2.40 bits per heavy atom. The van der Waals surface area contributed by atoms with Gasteiger partial charge in [-0.25, -0.2) is 13.3 Å². The minimum absolute atomic E-state index is 0.0390. The smallest absolute Gasteiger partial charge is 0.258 e. The van der Waals surface area contributed by atoms with E-state index in [9.17, 15) is 13.4 Å². The van der Waals surface area contributed by atoms with E-state index in [2.05, 4.69) is 20.4 Å². The lowest BCUT2D eigenvalue weighted by Gasteiger charge is -2.38. The number of amides is 1. The van der Waals surface area contributed by atoms with Gasteiger partial charge in [-0.1, -0.05) is 11.9 Å². The zero-order chi connectivity index (χ0) is 24.0. The number of halogens is 1. The van der Waals surface area contributed by atoms with Crippen LogP contribution in [0.25, 0.3) is 0 Å². The monoisotopic (exact) mass is 512 g/mol. The second kappa shape index (κ2) is 7.54. The number of fused-ring (bicyclic) bond motifs is 3. The van der Waals surface area contributed by atoms with Crippen molar-refractivity contribution >= 4 is 40.2 Å². The summed E-state index contributed by atoms with van der Waals surface area (Å²) in [6, 6.07) is 10.5. The van der Waals surface area contributed by atoms with E-state index in [-0.39, 0.29) is 21.9 Å². The number of nitrogens with zero attached hydrogens (tertiary/aromatic N) is 2. The van der Waals surface area contributed by atoms with Crippen molar-refractivity contribution in [2.45, 2.75) is 54.5 Å². The van der Waals surface area contributed by atoms with Crippen LogP contribution >= 0.6 is 11.9 Å². The summed E-state index contributed by atoms with van der Waals surface area (Å²) in [7, 11) is -1.70. The Bertz CT molecular complexity index is 1260. The first-order valence-electron chi connectivity index (χ1n) is 12.4. The Balaban J connectivity index is 1.21. The van der Waals surface area contributed by atoms with E-state index in [4.69, 9.17) is 0 Å². The number of benzene rings is 2. The van der Waals surface area contributed by atoms with Gasteiger partial charge >= 0.3 is 0 Å². The number of carbonyl (C=O) groups excluding carboxylic acids is 1. The van der Waals surface area contributed by atoms with Gasteiger partial charge in [0.05, 0.1) is 4.90 Å². The molecule has 184 valence electrons. The predicted molar refractivity (Wildman–Crippen MR) is 137 cm³/mol. The van der Waals surface area contributed by atoms with Crippen LogP contribution in [0.2, 0.25) is 0 Å². The lowest BCUT2D eigenvalue weighted by atomic mass is 9.66. The molecule has 2 spiro atoms. The zero-order valence-electron chi connectivity index (χ0n) is 19.7. The predicted octanol–water partition coefficient (Wildman–Crippen LogP) is 4.41. The highest BCUT2D eigenvalue weighted by molar-refractivity contribution is 7.99. The summed E-state index contributed by atoms with van der Waals surface area (Å²) in [4.78, 5) is 17.9. The molecule has 0 bridgehead atoms. The van der Waals surface area contributed by atoms with Gasteiger partial charge in [0.15, 0.2) is 0 Å². The van der Waals surface area contributed by atoms with Crippen LogP contribution in [0.3, 0.4) is 0 Å². The van der Waals surface area contributed by atoms with Crippen LogP contribution in [0, 0.1) is 11.2 Å². The van der Waals surface area contributed by atoms with Crippen molar-refractivity contribution in [3.05, 3.63) is 53.3 Å². The lowest BCUT2D eigenvalue weighted by molar-refractivity contribution is 0.0980. The van der Waals surface area contributed by atoms with Gasteiger partial charge in [-0.3, -0.25) is 9.69 Å². The standard InChI is InChI=1S/C26H29FN4O2S2/c1-34-28-18-3-5-21-19(13-18)25(10-8-24(6-7-24)9-11-25)14-31(21)23(32)17-2-4-20(27)22(12-17)35(33)29-26-15-30(26)16-26/h2-5,12-13,28-29H,6-11,14-16H2,1H3. The van der Waals surface area contributed by atoms with E-state index < -0.39 is 16.8 Å². The van der Waals surface area contributed by atoms with Gasteiger partial charge in [0.1, 0.15) is 22.5 Å². The molecule has 0 radical (unpaired) electrons. The average Bonchev–Trinajstić information content (AvgIpc) is 3.79. The van der Waals surface area contributed by atoms with Gasteiger partial charge < -0.3 is 9.62 Å². The molecule has 2 aromatic rings. The molecule has 4 fully saturated rings. The normalized spacial score (nSPS) is 29.0. The molecule has 2 saturated heterocycles. The average molecular weight is 513 g/mol. The van der Waals surface area contributed by atoms with Crippen LogP contribution < -0.4 is 14.3 Å². The van der Waals surface area contributed by atoms with E-state index in [1.165, 1.54) is 49.4 Å². The number of hydrogen-bond acceptors (Lipinski definition) is 5. The molecule has 2 aromatic carbocycles. The number of anilines is 2. The van der Waals surface area contributed by atoms with Crippen molar-refractivity contribution in [1.29, 1.82) is 0 Å². The molecule has 1 unspecified atom stereocenters. The van der Waals surface area contributed by atoms with Gasteiger partial charge in [-0.05, 0) is 85.9 Å². The fourth-order valence-corrected chi connectivity index (χ4v) is 7.76. The highest BCUT2D eigenvalue weighted by Gasteiger charge is 2.69. The number of hydrogen-bond donors (Lipinski definition) is 2. The summed E-state index contributed by atoms with van der Waals surface area (Å²) in [5.74, 6) is -0.707. The Kier molecular flexibility index (Phi) is 4.80. The third-order valence-electron chi connectivity index (χ3n) is 8.97. The highest BCUT2D eigenvalue weighted by Crippen LogP contribution is 2.62. The van der Waals surface area contributed by atoms with Gasteiger partial charge in [0.25, 0.3) is 5.91 Å². The van der Waals surface area contributed by atoms with E-state index >= 15 is 0 Å². The minimum Gasteiger partial charge on any atom is -0.330 e. The molecule has 3 heterocycles. The van der Waals surface area contributed by atoms with Crippen molar-refractivity contribution in [2.75, 3.05) is 35.5 Å². The summed E-state index contributed by atoms with van der Waals surface area (Å²) in [6.07, 6.45) is 9.31. The fourth-order valence-electron chi connectivity index (χ4n) is 6.20. The van der Waals surface area contributed by atoms with Crippen LogP contribution in [-0.2, 0) is 16.4 Å². The maximum atomic E-state index is 14.6. The zero-order valence-corrected chi connectivity index (χ0v) is 21.4. The third-order valence-corrected chi connectivity index (χ3v) is 10.7. The Hall–Kier alpha value is -1.94. The van der Waals surface area contributed by atoms with Gasteiger partial charge in [-0.15, -0.1) is 0 Å². The van der Waals surface area contributed by atoms with Crippen LogP contribution in [0.1, 0.15) is 54.4 Å². The summed E-state index contributed by atoms with van der Waals surface area (Å²) < 4.78 is 33.8. The molecule has 1 atom stereocenters. The van der Waals surface area contributed by atoms with E-state index in [0.717, 1.165) is 37.3 Å². The SMILES string of the molecule is CSNc1ccc2c(c1)C1(CCC3(CC3)CC1)CN2C(=O)c1ccc(F)c(S(=O)NC23CN2C3)c1. The van der Waals surface area contributed by atoms with Crippen molar-refractivity contribution in [3.63, 3.8) is 0 Å². The molecule has 1 amide bonds. The maximum Gasteiger partial charge on any atom is 0.258 e. The first-order chi connectivity index (χ1) is 16.9. The van der Waals surface area contributed by atoms with Crippen molar-refractivity contribution < 1.29 is 13.4 Å². The molecule has 3 aliphatic heterocycles. The van der Waals surface area contributed by atoms with E-state index in [0.29, 0.717) is 17.5 Å². The van der Waals surface area contributed by atoms with Crippen LogP contribution in [-0.4, -0.2) is 46.6 Å². The van der Waals surface area contributed by atoms with E-state index in [1.807, 2.05) is 23.3 Å². The number of carbonyl (C=O) groups is 1. The van der Waals surface area contributed by atoms with Gasteiger partial charge in [0, 0.05) is 48.2 Å². The minimum atomic E-state index is -1.70. The molecule has 9 heteroatoms. The molecule has 7 rings (SSSR count). The van der Waals surface area contributed by atoms with Crippen LogP contribution in [0.5, 0.6) is 0 Å². The second-order valence-electron chi connectivity index (χ2n) is 11.1. The second-order valence-corrected chi connectivity index (χ2v) is 12.9. The Labute approximate surface area is 211 Å². The molecule has 0 aromatic heterocycles. The van der Waals surface area contributed by atoms with E-state index in [1.54, 1.807) is 11.9 Å². The quantitative estimate of drug-likeness (QED) is 0.444. The summed E-state index contributed by atoms with van der Waals surface area (Å²) in [5.41, 5.74) is 3.93. The van der Waals surface area contributed by atoms with Crippen molar-refractivity contribution in [3.8, 4) is 0 Å². The molecule has 35 heavy (non-hydrogen) atoms. The first kappa shape index (κ1) is 22.3. The number of rotatable bonds is 6. The van der Waals surface area contributed by atoms with Gasteiger partial charge in [0.2, 0.25) is 0 Å². The number of nitrogens with one attached hydrogen (secondary N) is 2.